The number of benzene rings is 1. The predicted molar refractivity (Wildman–Crippen MR) is 138 cm³/mol. The van der Waals surface area contributed by atoms with Gasteiger partial charge in [0, 0.05) is 43.3 Å². The molecule has 1 aromatic carbocycles. The minimum absolute atomic E-state index is 0.0582. The number of halogens is 1. The molecule has 5 rings (SSSR count). The zero-order valence-electron chi connectivity index (χ0n) is 20.5. The Kier molecular flexibility index (Phi) is 7.52. The van der Waals surface area contributed by atoms with E-state index >= 15 is 0 Å². The van der Waals surface area contributed by atoms with Crippen LogP contribution in [-0.2, 0) is 13.0 Å². The first kappa shape index (κ1) is 25.0. The van der Waals surface area contributed by atoms with Crippen molar-refractivity contribution in [1.29, 1.82) is 0 Å². The summed E-state index contributed by atoms with van der Waals surface area (Å²) < 4.78 is 0. The average Bonchev–Trinajstić information content (AvgIpc) is 3.62. The first-order valence-corrected chi connectivity index (χ1v) is 12.7. The normalized spacial score (nSPS) is 18.0. The molecule has 1 saturated carbocycles. The van der Waals surface area contributed by atoms with Crippen LogP contribution in [0, 0.1) is 11.8 Å². The number of rotatable bonds is 8. The van der Waals surface area contributed by atoms with E-state index in [1.165, 1.54) is 5.56 Å². The average molecular weight is 518 g/mol. The molecule has 190 valence electrons. The molecule has 1 aliphatic rings. The van der Waals surface area contributed by atoms with Crippen molar-refractivity contribution >= 4 is 17.5 Å². The molecule has 9 nitrogen and oxygen atoms in total. The SMILES string of the molecule is CN(Cc1cncc(-c2nn[nH]n2)c1)C(=O)c1ccc(C[C@@H]2CC[C@H]([C@H](O)c3ccc(Cl)nc3)C2)cc1. The summed E-state index contributed by atoms with van der Waals surface area (Å²) in [5.41, 5.74) is 4.28. The van der Waals surface area contributed by atoms with Crippen LogP contribution in [0.2, 0.25) is 5.15 Å². The Hall–Kier alpha value is -3.69. The van der Waals surface area contributed by atoms with E-state index in [-0.39, 0.29) is 11.8 Å². The molecule has 37 heavy (non-hydrogen) atoms. The zero-order chi connectivity index (χ0) is 25.8. The van der Waals surface area contributed by atoms with Crippen LogP contribution >= 0.6 is 11.6 Å². The summed E-state index contributed by atoms with van der Waals surface area (Å²) in [6.45, 7) is 0.411. The maximum atomic E-state index is 13.0. The van der Waals surface area contributed by atoms with E-state index in [0.29, 0.717) is 29.0 Å². The third-order valence-electron chi connectivity index (χ3n) is 7.01. The maximum Gasteiger partial charge on any atom is 0.253 e. The summed E-state index contributed by atoms with van der Waals surface area (Å²) in [7, 11) is 1.78. The molecule has 0 unspecified atom stereocenters. The second kappa shape index (κ2) is 11.1. The number of hydrogen-bond donors (Lipinski definition) is 2. The van der Waals surface area contributed by atoms with E-state index in [1.807, 2.05) is 36.4 Å². The summed E-state index contributed by atoms with van der Waals surface area (Å²) in [5, 5.41) is 25.2. The number of pyridine rings is 2. The van der Waals surface area contributed by atoms with Crippen molar-refractivity contribution in [2.24, 2.45) is 11.8 Å². The molecule has 0 spiro atoms. The van der Waals surface area contributed by atoms with Crippen LogP contribution < -0.4 is 0 Å². The van der Waals surface area contributed by atoms with Crippen LogP contribution in [0.1, 0.15) is 52.4 Å². The largest absolute Gasteiger partial charge is 0.388 e. The van der Waals surface area contributed by atoms with E-state index < -0.39 is 6.10 Å². The van der Waals surface area contributed by atoms with Gasteiger partial charge in [0.25, 0.3) is 5.91 Å². The Bertz CT molecular complexity index is 1330. The van der Waals surface area contributed by atoms with Crippen molar-refractivity contribution in [2.45, 2.75) is 38.3 Å². The van der Waals surface area contributed by atoms with Crippen LogP contribution in [0.5, 0.6) is 0 Å². The molecule has 0 aliphatic heterocycles. The number of aliphatic hydroxyl groups excluding tert-OH is 1. The fourth-order valence-electron chi connectivity index (χ4n) is 5.08. The summed E-state index contributed by atoms with van der Waals surface area (Å²) >= 11 is 5.87. The quantitative estimate of drug-likeness (QED) is 0.335. The van der Waals surface area contributed by atoms with Crippen LogP contribution in [0.3, 0.4) is 0 Å². The molecular formula is C27H28ClN7O2. The molecule has 3 aromatic heterocycles. The highest BCUT2D eigenvalue weighted by molar-refractivity contribution is 6.29. The van der Waals surface area contributed by atoms with Gasteiger partial charge in [-0.15, -0.1) is 10.2 Å². The van der Waals surface area contributed by atoms with Gasteiger partial charge in [-0.3, -0.25) is 9.78 Å². The summed E-state index contributed by atoms with van der Waals surface area (Å²) in [5.74, 6) is 1.12. The highest BCUT2D eigenvalue weighted by atomic mass is 35.5. The minimum Gasteiger partial charge on any atom is -0.388 e. The van der Waals surface area contributed by atoms with Crippen molar-refractivity contribution in [3.8, 4) is 11.4 Å². The number of tetrazole rings is 1. The molecule has 2 N–H and O–H groups in total. The van der Waals surface area contributed by atoms with E-state index in [1.54, 1.807) is 36.6 Å². The number of aliphatic hydroxyl groups is 1. The van der Waals surface area contributed by atoms with Gasteiger partial charge < -0.3 is 10.0 Å². The first-order chi connectivity index (χ1) is 18.0. The number of carbonyl (C=O) groups is 1. The molecule has 3 atom stereocenters. The Balaban J connectivity index is 1.15. The number of carbonyl (C=O) groups excluding carboxylic acids is 1. The molecule has 0 radical (unpaired) electrons. The fourth-order valence-corrected chi connectivity index (χ4v) is 5.20. The van der Waals surface area contributed by atoms with E-state index in [4.69, 9.17) is 11.6 Å². The van der Waals surface area contributed by atoms with Gasteiger partial charge in [-0.1, -0.05) is 29.8 Å². The number of amides is 1. The lowest BCUT2D eigenvalue weighted by atomic mass is 9.92. The number of hydrogen-bond acceptors (Lipinski definition) is 7. The monoisotopic (exact) mass is 517 g/mol. The van der Waals surface area contributed by atoms with Crippen molar-refractivity contribution in [3.63, 3.8) is 0 Å². The molecule has 10 heteroatoms. The van der Waals surface area contributed by atoms with Gasteiger partial charge in [0.2, 0.25) is 5.82 Å². The standard InChI is InChI=1S/C27H28ClN7O2/c1-35(16-19-12-23(14-29-13-19)26-31-33-34-32-26)27(37)20-5-2-17(3-6-20)10-18-4-7-21(11-18)25(36)22-8-9-24(28)30-15-22/h2-3,5-6,8-9,12-15,18,21,25,36H,4,7,10-11,16H2,1H3,(H,31,32,33,34)/t18-,21-,25-/m0/s1. The van der Waals surface area contributed by atoms with E-state index in [2.05, 4.69) is 30.6 Å². The number of nitrogens with zero attached hydrogens (tertiary/aromatic N) is 6. The fraction of sp³-hybridized carbons (Fsp3) is 0.333. The van der Waals surface area contributed by atoms with Gasteiger partial charge in [0.15, 0.2) is 0 Å². The number of H-pyrrole nitrogens is 1. The van der Waals surface area contributed by atoms with Gasteiger partial charge in [-0.05, 0) is 83.7 Å². The van der Waals surface area contributed by atoms with Gasteiger partial charge in [0.1, 0.15) is 5.15 Å². The summed E-state index contributed by atoms with van der Waals surface area (Å²) in [6, 6.07) is 13.3. The van der Waals surface area contributed by atoms with Gasteiger partial charge >= 0.3 is 0 Å². The van der Waals surface area contributed by atoms with Gasteiger partial charge in [-0.2, -0.15) is 5.21 Å². The molecule has 3 heterocycles. The Morgan fingerprint density at radius 1 is 1.14 bits per heavy atom. The second-order valence-corrected chi connectivity index (χ2v) is 10.1. The lowest BCUT2D eigenvalue weighted by Gasteiger charge is -2.19. The molecule has 0 bridgehead atoms. The van der Waals surface area contributed by atoms with Crippen molar-refractivity contribution in [2.75, 3.05) is 7.05 Å². The van der Waals surface area contributed by atoms with Crippen LogP contribution in [0.4, 0.5) is 0 Å². The topological polar surface area (TPSA) is 121 Å². The molecule has 1 aliphatic carbocycles. The lowest BCUT2D eigenvalue weighted by molar-refractivity contribution is 0.0785. The Morgan fingerprint density at radius 2 is 1.97 bits per heavy atom. The van der Waals surface area contributed by atoms with Gasteiger partial charge in [0.05, 0.1) is 6.10 Å². The lowest BCUT2D eigenvalue weighted by Crippen LogP contribution is -2.26. The molecule has 1 amide bonds. The van der Waals surface area contributed by atoms with Crippen LogP contribution in [0.25, 0.3) is 11.4 Å². The summed E-state index contributed by atoms with van der Waals surface area (Å²) in [6.07, 6.45) is 8.48. The zero-order valence-corrected chi connectivity index (χ0v) is 21.2. The smallest absolute Gasteiger partial charge is 0.253 e. The molecule has 4 aromatic rings. The van der Waals surface area contributed by atoms with Crippen LogP contribution in [0.15, 0.2) is 61.1 Å². The maximum absolute atomic E-state index is 13.0. The number of nitrogens with one attached hydrogen (secondary N) is 1. The molecule has 1 fully saturated rings. The summed E-state index contributed by atoms with van der Waals surface area (Å²) in [4.78, 5) is 23.0. The third-order valence-corrected chi connectivity index (χ3v) is 7.23. The predicted octanol–water partition coefficient (Wildman–Crippen LogP) is 4.27. The highest BCUT2D eigenvalue weighted by Crippen LogP contribution is 2.40. The molecule has 0 saturated heterocycles. The molecular weight excluding hydrogens is 490 g/mol. The van der Waals surface area contributed by atoms with E-state index in [9.17, 15) is 9.90 Å². The van der Waals surface area contributed by atoms with Crippen LogP contribution in [-0.4, -0.2) is 53.6 Å². The van der Waals surface area contributed by atoms with E-state index in [0.717, 1.165) is 42.4 Å². The first-order valence-electron chi connectivity index (χ1n) is 12.3. The van der Waals surface area contributed by atoms with Crippen molar-refractivity contribution in [3.05, 3.63) is 88.5 Å². The number of aromatic nitrogens is 6. The Morgan fingerprint density at radius 3 is 2.70 bits per heavy atom. The third kappa shape index (κ3) is 6.00. The minimum atomic E-state index is -0.520. The number of aromatic amines is 1. The van der Waals surface area contributed by atoms with Crippen molar-refractivity contribution < 1.29 is 9.90 Å². The Labute approximate surface area is 219 Å². The second-order valence-electron chi connectivity index (χ2n) is 9.68. The van der Waals surface area contributed by atoms with Crippen molar-refractivity contribution in [1.82, 2.24) is 35.5 Å². The highest BCUT2D eigenvalue weighted by Gasteiger charge is 2.31. The van der Waals surface area contributed by atoms with Gasteiger partial charge in [-0.25, -0.2) is 4.98 Å².